The highest BCUT2D eigenvalue weighted by Gasteiger charge is 2.30. The molecule has 1 fully saturated rings. The highest BCUT2D eigenvalue weighted by atomic mass is 35.5. The molecule has 1 aliphatic rings. The Kier molecular flexibility index (Phi) is 4.98. The minimum Gasteiger partial charge on any atom is -0.365 e. The Morgan fingerprint density at radius 3 is 2.38 bits per heavy atom. The number of nitro groups is 1. The number of hydrogen-bond acceptors (Lipinski definition) is 7. The summed E-state index contributed by atoms with van der Waals surface area (Å²) in [5.41, 5.74) is 1.31. The van der Waals surface area contributed by atoms with Gasteiger partial charge in [0.05, 0.1) is 23.8 Å². The number of fused-ring (bicyclic) bond motifs is 1. The van der Waals surface area contributed by atoms with Gasteiger partial charge in [0.2, 0.25) is 11.5 Å². The van der Waals surface area contributed by atoms with E-state index in [4.69, 9.17) is 11.6 Å². The Labute approximate surface area is 187 Å². The van der Waals surface area contributed by atoms with Crippen molar-refractivity contribution in [1.82, 2.24) is 19.2 Å². The van der Waals surface area contributed by atoms with Gasteiger partial charge in [-0.15, -0.1) is 0 Å². The maximum Gasteiger partial charge on any atom is 0.372 e. The Hall–Kier alpha value is -3.92. The van der Waals surface area contributed by atoms with Gasteiger partial charge in [-0.25, -0.2) is 0 Å². The summed E-state index contributed by atoms with van der Waals surface area (Å²) in [5, 5.41) is 16.1. The predicted molar refractivity (Wildman–Crippen MR) is 121 cm³/mol. The molecule has 1 saturated heterocycles. The number of hydrogen-bond donors (Lipinski definition) is 0. The van der Waals surface area contributed by atoms with Gasteiger partial charge in [0.15, 0.2) is 0 Å². The van der Waals surface area contributed by atoms with Crippen LogP contribution in [0.15, 0.2) is 65.7 Å². The number of para-hydroxylation sites is 1. The fourth-order valence-corrected chi connectivity index (χ4v) is 4.16. The fraction of sp³-hybridized carbons (Fsp3) is 0.190. The smallest absolute Gasteiger partial charge is 0.365 e. The molecule has 162 valence electrons. The molecule has 11 heteroatoms. The third-order valence-corrected chi connectivity index (χ3v) is 5.84. The maximum atomic E-state index is 12.8. The Morgan fingerprint density at radius 1 is 0.969 bits per heavy atom. The monoisotopic (exact) mass is 451 g/mol. The second-order valence-electron chi connectivity index (χ2n) is 7.32. The number of anilines is 2. The van der Waals surface area contributed by atoms with E-state index >= 15 is 0 Å². The second kappa shape index (κ2) is 7.97. The minimum absolute atomic E-state index is 0.0563. The molecule has 4 heterocycles. The predicted octanol–water partition coefficient (Wildman–Crippen LogP) is 2.77. The van der Waals surface area contributed by atoms with E-state index in [0.717, 1.165) is 0 Å². The van der Waals surface area contributed by atoms with Crippen LogP contribution in [0.2, 0.25) is 5.02 Å². The molecule has 32 heavy (non-hydrogen) atoms. The van der Waals surface area contributed by atoms with Gasteiger partial charge in [-0.3, -0.25) is 4.79 Å². The standard InChI is InChI=1S/C21H18ClN7O3/c22-18-16(14-23-28(21(18)30)15-6-2-1-3-7-15)25-10-12-26(13-11-25)19-20(29(31)32)27-9-5-4-8-17(27)24-19/h1-9,14H,10-13H2. The first-order valence-corrected chi connectivity index (χ1v) is 10.4. The first kappa shape index (κ1) is 20.0. The Balaban J connectivity index is 1.40. The van der Waals surface area contributed by atoms with E-state index in [1.54, 1.807) is 42.7 Å². The molecule has 1 aromatic carbocycles. The molecule has 1 aliphatic heterocycles. The van der Waals surface area contributed by atoms with Gasteiger partial charge in [0, 0.05) is 32.2 Å². The van der Waals surface area contributed by atoms with Crippen molar-refractivity contribution in [3.63, 3.8) is 0 Å². The summed E-state index contributed by atoms with van der Waals surface area (Å²) in [4.78, 5) is 32.4. The van der Waals surface area contributed by atoms with Crippen LogP contribution in [0.3, 0.4) is 0 Å². The van der Waals surface area contributed by atoms with Gasteiger partial charge < -0.3 is 19.9 Å². The van der Waals surface area contributed by atoms with Crippen LogP contribution < -0.4 is 15.4 Å². The molecule has 3 aromatic heterocycles. The molecule has 0 radical (unpaired) electrons. The second-order valence-corrected chi connectivity index (χ2v) is 7.69. The van der Waals surface area contributed by atoms with Crippen molar-refractivity contribution in [2.75, 3.05) is 36.0 Å². The number of piperazine rings is 1. The zero-order valence-electron chi connectivity index (χ0n) is 16.8. The number of pyridine rings is 1. The quantitative estimate of drug-likeness (QED) is 0.347. The first-order chi connectivity index (χ1) is 15.5. The van der Waals surface area contributed by atoms with E-state index in [-0.39, 0.29) is 10.8 Å². The average molecular weight is 452 g/mol. The molecule has 0 atom stereocenters. The van der Waals surface area contributed by atoms with Gasteiger partial charge in [-0.2, -0.15) is 19.2 Å². The van der Waals surface area contributed by atoms with Crippen molar-refractivity contribution in [1.29, 1.82) is 0 Å². The number of halogens is 1. The lowest BCUT2D eigenvalue weighted by Gasteiger charge is -2.36. The van der Waals surface area contributed by atoms with E-state index in [9.17, 15) is 14.9 Å². The molecule has 0 aliphatic carbocycles. The van der Waals surface area contributed by atoms with Crippen LogP contribution in [0, 0.1) is 10.1 Å². The summed E-state index contributed by atoms with van der Waals surface area (Å²) in [6.07, 6.45) is 3.22. The molecule has 0 bridgehead atoms. The molecule has 0 N–H and O–H groups in total. The van der Waals surface area contributed by atoms with Crippen molar-refractivity contribution in [3.8, 4) is 5.69 Å². The Bertz CT molecular complexity index is 1360. The van der Waals surface area contributed by atoms with Gasteiger partial charge in [0.25, 0.3) is 5.56 Å². The molecule has 0 amide bonds. The number of aromatic nitrogens is 4. The largest absolute Gasteiger partial charge is 0.372 e. The highest BCUT2D eigenvalue weighted by molar-refractivity contribution is 6.33. The van der Waals surface area contributed by atoms with Crippen molar-refractivity contribution in [2.45, 2.75) is 0 Å². The fourth-order valence-electron chi connectivity index (χ4n) is 3.91. The topological polar surface area (TPSA) is 102 Å². The van der Waals surface area contributed by atoms with Crippen LogP contribution in [0.5, 0.6) is 0 Å². The number of rotatable bonds is 4. The highest BCUT2D eigenvalue weighted by Crippen LogP contribution is 2.31. The van der Waals surface area contributed by atoms with E-state index in [0.29, 0.717) is 49.0 Å². The summed E-state index contributed by atoms with van der Waals surface area (Å²) in [6, 6.07) is 14.3. The molecule has 0 saturated carbocycles. The zero-order valence-corrected chi connectivity index (χ0v) is 17.6. The van der Waals surface area contributed by atoms with E-state index in [1.165, 1.54) is 9.08 Å². The van der Waals surface area contributed by atoms with Gasteiger partial charge in [0.1, 0.15) is 5.02 Å². The zero-order chi connectivity index (χ0) is 22.2. The summed E-state index contributed by atoms with van der Waals surface area (Å²) >= 11 is 6.42. The van der Waals surface area contributed by atoms with E-state index in [2.05, 4.69) is 10.1 Å². The Morgan fingerprint density at radius 2 is 1.66 bits per heavy atom. The molecule has 5 rings (SSSR count). The third-order valence-electron chi connectivity index (χ3n) is 5.48. The SMILES string of the molecule is O=c1c(Cl)c(N2CCN(c3nc4ccccn4c3[N+](=O)[O-])CC2)cnn1-c1ccccc1. The molecular weight excluding hydrogens is 434 g/mol. The van der Waals surface area contributed by atoms with Crippen LogP contribution in [-0.4, -0.2) is 50.3 Å². The molecule has 4 aromatic rings. The summed E-state index contributed by atoms with van der Waals surface area (Å²) < 4.78 is 2.74. The normalized spacial score (nSPS) is 14.2. The lowest BCUT2D eigenvalue weighted by Crippen LogP contribution is -2.47. The average Bonchev–Trinajstić information content (AvgIpc) is 3.21. The number of benzene rings is 1. The molecule has 0 unspecified atom stereocenters. The van der Waals surface area contributed by atoms with Crippen molar-refractivity contribution in [3.05, 3.63) is 86.4 Å². The lowest BCUT2D eigenvalue weighted by molar-refractivity contribution is -0.389. The van der Waals surface area contributed by atoms with Crippen LogP contribution in [0.25, 0.3) is 11.3 Å². The van der Waals surface area contributed by atoms with Crippen molar-refractivity contribution < 1.29 is 4.92 Å². The first-order valence-electron chi connectivity index (χ1n) is 9.99. The number of nitrogens with zero attached hydrogens (tertiary/aromatic N) is 7. The van der Waals surface area contributed by atoms with Crippen molar-refractivity contribution >= 4 is 34.6 Å². The lowest BCUT2D eigenvalue weighted by atomic mass is 10.2. The number of imidazole rings is 1. The van der Waals surface area contributed by atoms with Crippen LogP contribution in [-0.2, 0) is 0 Å². The van der Waals surface area contributed by atoms with E-state index < -0.39 is 10.5 Å². The molecule has 10 nitrogen and oxygen atoms in total. The van der Waals surface area contributed by atoms with Crippen molar-refractivity contribution in [2.24, 2.45) is 0 Å². The summed E-state index contributed by atoms with van der Waals surface area (Å²) in [6.45, 7) is 2.01. The van der Waals surface area contributed by atoms with E-state index in [1.807, 2.05) is 28.0 Å². The van der Waals surface area contributed by atoms with Gasteiger partial charge in [-0.05, 0) is 23.1 Å². The molecular formula is C21H18ClN7O3. The maximum absolute atomic E-state index is 12.8. The van der Waals surface area contributed by atoms with Crippen LogP contribution in [0.4, 0.5) is 17.3 Å². The van der Waals surface area contributed by atoms with Crippen LogP contribution >= 0.6 is 11.6 Å². The molecule has 0 spiro atoms. The third kappa shape index (κ3) is 3.34. The minimum atomic E-state index is -0.411. The summed E-state index contributed by atoms with van der Waals surface area (Å²) in [5.74, 6) is 0.281. The van der Waals surface area contributed by atoms with Gasteiger partial charge >= 0.3 is 5.82 Å². The summed E-state index contributed by atoms with van der Waals surface area (Å²) in [7, 11) is 0. The van der Waals surface area contributed by atoms with Crippen LogP contribution in [0.1, 0.15) is 0 Å². The van der Waals surface area contributed by atoms with Gasteiger partial charge in [-0.1, -0.05) is 35.9 Å².